The third kappa shape index (κ3) is 120. The summed E-state index contributed by atoms with van der Waals surface area (Å²) in [4.78, 5) is 62.5. The van der Waals surface area contributed by atoms with Gasteiger partial charge in [-0.3, -0.25) is 9.59 Å². The summed E-state index contributed by atoms with van der Waals surface area (Å²) in [5.41, 5.74) is 0. The molecule has 0 amide bonds. The molecule has 0 aliphatic heterocycles. The minimum atomic E-state index is -4.64. The van der Waals surface area contributed by atoms with Crippen LogP contribution < -0.4 is 0 Å². The fraction of sp³-hybridized carbons (Fsp3) is 0.667. The van der Waals surface area contributed by atoms with Gasteiger partial charge in [0.25, 0.3) is 0 Å². The van der Waals surface area contributed by atoms with Crippen LogP contribution in [0.2, 0.25) is 0 Å². The Hall–Kier alpha value is -0.600. The van der Waals surface area contributed by atoms with E-state index in [1.54, 1.807) is 0 Å². The quantitative estimate of drug-likeness (QED) is 0.206. The van der Waals surface area contributed by atoms with Crippen LogP contribution in [-0.2, 0) is 18.7 Å². The number of rotatable bonds is 4. The second-order valence-corrected chi connectivity index (χ2v) is 4.79. The number of hydrogen-bond acceptors (Lipinski definition) is 8. The third-order valence-electron chi connectivity index (χ3n) is 0.705. The van der Waals surface area contributed by atoms with E-state index in [1.165, 1.54) is 0 Å². The normalized spacial score (nSPS) is 9.91. The molecule has 0 saturated heterocycles. The molecule has 0 heterocycles. The van der Waals surface area contributed by atoms with Crippen LogP contribution in [0.3, 0.4) is 0 Å². The first-order valence-electron chi connectivity index (χ1n) is 4.65. The van der Waals surface area contributed by atoms with Crippen LogP contribution in [0.4, 0.5) is 0 Å². The summed E-state index contributed by atoms with van der Waals surface area (Å²) in [5, 5.41) is 31.3. The molecule has 136 valence electrons. The predicted molar refractivity (Wildman–Crippen MR) is 66.9 cm³/mol. The van der Waals surface area contributed by atoms with Crippen molar-refractivity contribution >= 4 is 27.2 Å². The van der Waals surface area contributed by atoms with Gasteiger partial charge in [-0.1, -0.05) is 0 Å². The summed E-state index contributed by atoms with van der Waals surface area (Å²) in [7, 11) is -9.28. The maximum atomic E-state index is 9.68. The zero-order chi connectivity index (χ0) is 19.0. The molecular weight excluding hydrogens is 358 g/mol. The number of carbonyl (C=O) groups excluding carboxylic acids is 2. The van der Waals surface area contributed by atoms with Gasteiger partial charge in [0, 0.05) is 0 Å². The van der Waals surface area contributed by atoms with Crippen molar-refractivity contribution in [2.24, 2.45) is 0 Å². The number of carbonyl (C=O) groups is 2. The van der Waals surface area contributed by atoms with Crippen LogP contribution in [0.5, 0.6) is 0 Å². The largest absolute Gasteiger partial charge is 0.466 e. The maximum Gasteiger partial charge on any atom is 0.466 e. The standard InChI is InChI=1S/2C3H6O3.2H3O4P/c2*4-1-3(6)2-5;2*1-5(2,3)4/h2*4-5H,1-2H2;2*(H3,1,2,3,4). The first-order valence-corrected chi connectivity index (χ1v) is 7.78. The Balaban J connectivity index is -0.0000000986. The number of aliphatic hydroxyl groups is 4. The lowest BCUT2D eigenvalue weighted by molar-refractivity contribution is -0.125. The second-order valence-electron chi connectivity index (χ2n) is 2.74. The molecule has 14 nitrogen and oxygen atoms in total. The van der Waals surface area contributed by atoms with Crippen molar-refractivity contribution < 1.29 is 68.5 Å². The van der Waals surface area contributed by atoms with Crippen molar-refractivity contribution in [2.45, 2.75) is 0 Å². The SMILES string of the molecule is O=C(CO)CO.O=C(CO)CO.O=P(O)(O)O.O=P(O)(O)O. The van der Waals surface area contributed by atoms with Crippen LogP contribution in [0.15, 0.2) is 0 Å². The lowest BCUT2D eigenvalue weighted by Gasteiger charge is -1.82. The summed E-state index contributed by atoms with van der Waals surface area (Å²) < 4.78 is 17.8. The molecular formula is C6H18O14P2. The van der Waals surface area contributed by atoms with E-state index in [0.29, 0.717) is 0 Å². The van der Waals surface area contributed by atoms with Crippen LogP contribution >= 0.6 is 15.6 Å². The molecule has 0 aromatic carbocycles. The average Bonchev–Trinajstić information content (AvgIpc) is 2.33. The molecule has 22 heavy (non-hydrogen) atoms. The first-order chi connectivity index (χ1) is 9.62. The molecule has 0 radical (unpaired) electrons. The van der Waals surface area contributed by atoms with Gasteiger partial charge in [0.05, 0.1) is 0 Å². The molecule has 0 aliphatic rings. The van der Waals surface area contributed by atoms with Gasteiger partial charge in [-0.05, 0) is 0 Å². The van der Waals surface area contributed by atoms with E-state index in [9.17, 15) is 9.59 Å². The van der Waals surface area contributed by atoms with E-state index in [-0.39, 0.29) is 0 Å². The highest BCUT2D eigenvalue weighted by atomic mass is 31.2. The highest BCUT2D eigenvalue weighted by Crippen LogP contribution is 2.26. The minimum Gasteiger partial charge on any atom is -0.388 e. The molecule has 0 bridgehead atoms. The summed E-state index contributed by atoms with van der Waals surface area (Å²) in [6, 6.07) is 0. The van der Waals surface area contributed by atoms with Crippen LogP contribution in [0.25, 0.3) is 0 Å². The number of Topliss-reactive ketones (excluding diaryl/α,β-unsaturated/α-hetero) is 2. The average molecular weight is 376 g/mol. The molecule has 0 unspecified atom stereocenters. The molecule has 10 N–H and O–H groups in total. The Morgan fingerprint density at radius 3 is 0.636 bits per heavy atom. The number of ketones is 2. The van der Waals surface area contributed by atoms with E-state index in [4.69, 9.17) is 58.9 Å². The highest BCUT2D eigenvalue weighted by molar-refractivity contribution is 7.45. The summed E-state index contributed by atoms with van der Waals surface area (Å²) in [6.07, 6.45) is 0. The van der Waals surface area contributed by atoms with Crippen molar-refractivity contribution in [1.82, 2.24) is 0 Å². The summed E-state index contributed by atoms with van der Waals surface area (Å²) in [6.45, 7) is -2.24. The molecule has 0 spiro atoms. The van der Waals surface area contributed by atoms with E-state index < -0.39 is 53.6 Å². The van der Waals surface area contributed by atoms with Crippen LogP contribution in [0.1, 0.15) is 0 Å². The Kier molecular flexibility index (Phi) is 22.4. The lowest BCUT2D eigenvalue weighted by Crippen LogP contribution is -2.07. The minimum absolute atomic E-state index is 0.546. The Labute approximate surface area is 123 Å². The van der Waals surface area contributed by atoms with Crippen LogP contribution in [0, 0.1) is 0 Å². The molecule has 16 heteroatoms. The van der Waals surface area contributed by atoms with Crippen molar-refractivity contribution in [3.05, 3.63) is 0 Å². The highest BCUT2D eigenvalue weighted by Gasteiger charge is 2.00. The number of phosphoric acid groups is 2. The van der Waals surface area contributed by atoms with Crippen LogP contribution in [-0.4, -0.2) is 87.8 Å². The monoisotopic (exact) mass is 376 g/mol. The maximum absolute atomic E-state index is 9.68. The van der Waals surface area contributed by atoms with Crippen molar-refractivity contribution in [3.63, 3.8) is 0 Å². The molecule has 0 aromatic heterocycles. The molecule has 0 aliphatic carbocycles. The van der Waals surface area contributed by atoms with E-state index >= 15 is 0 Å². The number of aliphatic hydroxyl groups excluding tert-OH is 4. The van der Waals surface area contributed by atoms with Gasteiger partial charge in [0.1, 0.15) is 26.4 Å². The van der Waals surface area contributed by atoms with Crippen molar-refractivity contribution in [2.75, 3.05) is 26.4 Å². The third-order valence-corrected chi connectivity index (χ3v) is 0.705. The Bertz CT molecular complexity index is 303. The van der Waals surface area contributed by atoms with Crippen molar-refractivity contribution in [3.8, 4) is 0 Å². The molecule has 0 aromatic rings. The Morgan fingerprint density at radius 1 is 0.545 bits per heavy atom. The summed E-state index contributed by atoms with van der Waals surface area (Å²) >= 11 is 0. The van der Waals surface area contributed by atoms with Gasteiger partial charge in [0.15, 0.2) is 11.6 Å². The molecule has 0 fully saturated rings. The topological polar surface area (TPSA) is 271 Å². The van der Waals surface area contributed by atoms with E-state index in [1.807, 2.05) is 0 Å². The zero-order valence-electron chi connectivity index (χ0n) is 10.8. The van der Waals surface area contributed by atoms with E-state index in [2.05, 4.69) is 0 Å². The second kappa shape index (κ2) is 16.8. The fourth-order valence-electron chi connectivity index (χ4n) is 0.1000. The van der Waals surface area contributed by atoms with Gasteiger partial charge < -0.3 is 49.8 Å². The van der Waals surface area contributed by atoms with Gasteiger partial charge >= 0.3 is 15.6 Å². The fourth-order valence-corrected chi connectivity index (χ4v) is 0.1000. The van der Waals surface area contributed by atoms with Gasteiger partial charge in [-0.15, -0.1) is 0 Å². The smallest absolute Gasteiger partial charge is 0.388 e. The predicted octanol–water partition coefficient (Wildman–Crippen LogP) is -4.78. The Morgan fingerprint density at radius 2 is 0.636 bits per heavy atom. The lowest BCUT2D eigenvalue weighted by atomic mass is 10.5. The zero-order valence-corrected chi connectivity index (χ0v) is 12.6. The van der Waals surface area contributed by atoms with E-state index in [0.717, 1.165) is 0 Å². The van der Waals surface area contributed by atoms with Gasteiger partial charge in [-0.25, -0.2) is 9.13 Å². The van der Waals surface area contributed by atoms with Gasteiger partial charge in [-0.2, -0.15) is 0 Å². The molecule has 0 rings (SSSR count). The summed E-state index contributed by atoms with van der Waals surface area (Å²) in [5.74, 6) is -1.09. The number of hydrogen-bond donors (Lipinski definition) is 10. The van der Waals surface area contributed by atoms with Gasteiger partial charge in [0.2, 0.25) is 0 Å². The first kappa shape index (κ1) is 29.4. The molecule has 0 atom stereocenters. The van der Waals surface area contributed by atoms with Crippen molar-refractivity contribution in [1.29, 1.82) is 0 Å². The molecule has 0 saturated carbocycles.